The van der Waals surface area contributed by atoms with E-state index in [1.807, 2.05) is 0 Å². The molecule has 0 saturated heterocycles. The molecule has 1 fully saturated rings. The number of rotatable bonds is 6. The highest BCUT2D eigenvalue weighted by Gasteiger charge is 2.37. The van der Waals surface area contributed by atoms with Crippen molar-refractivity contribution in [1.82, 2.24) is 0 Å². The van der Waals surface area contributed by atoms with Gasteiger partial charge in [-0.1, -0.05) is 11.6 Å². The maximum Gasteiger partial charge on any atom is 0.339 e. The molecule has 1 aliphatic carbocycles. The number of methoxy groups -OCH3 is 1. The van der Waals surface area contributed by atoms with Crippen molar-refractivity contribution < 1.29 is 14.3 Å². The maximum atomic E-state index is 11.5. The van der Waals surface area contributed by atoms with Gasteiger partial charge in [-0.05, 0) is 37.5 Å². The molecule has 0 unspecified atom stereocenters. The SMILES string of the molecule is COC(=O)c1cc(NCCOC2(C#N)CCC2)ccc1Cl. The molecule has 21 heavy (non-hydrogen) atoms. The Kier molecular flexibility index (Phi) is 5.05. The molecular weight excluding hydrogens is 292 g/mol. The molecule has 1 aliphatic rings. The van der Waals surface area contributed by atoms with E-state index in [4.69, 9.17) is 21.6 Å². The van der Waals surface area contributed by atoms with Gasteiger partial charge in [0.05, 0.1) is 30.4 Å². The van der Waals surface area contributed by atoms with Gasteiger partial charge in [-0.2, -0.15) is 5.26 Å². The molecule has 0 aromatic heterocycles. The zero-order valence-corrected chi connectivity index (χ0v) is 12.6. The summed E-state index contributed by atoms with van der Waals surface area (Å²) in [6.07, 6.45) is 2.65. The van der Waals surface area contributed by atoms with Crippen molar-refractivity contribution in [1.29, 1.82) is 5.26 Å². The van der Waals surface area contributed by atoms with Crippen LogP contribution in [0.4, 0.5) is 5.69 Å². The second-order valence-corrected chi connectivity index (χ2v) is 5.33. The topological polar surface area (TPSA) is 71.3 Å². The van der Waals surface area contributed by atoms with E-state index in [9.17, 15) is 4.79 Å². The minimum Gasteiger partial charge on any atom is -0.465 e. The normalized spacial score (nSPS) is 15.7. The van der Waals surface area contributed by atoms with E-state index in [-0.39, 0.29) is 0 Å². The van der Waals surface area contributed by atoms with Crippen LogP contribution in [0.3, 0.4) is 0 Å². The molecular formula is C15H17ClN2O3. The average molecular weight is 309 g/mol. The first-order valence-corrected chi connectivity index (χ1v) is 7.15. The lowest BCUT2D eigenvalue weighted by molar-refractivity contribution is -0.0512. The molecule has 6 heteroatoms. The molecule has 0 amide bonds. The van der Waals surface area contributed by atoms with Crippen LogP contribution in [0.1, 0.15) is 29.6 Å². The molecule has 2 rings (SSSR count). The van der Waals surface area contributed by atoms with Crippen LogP contribution in [0.5, 0.6) is 0 Å². The van der Waals surface area contributed by atoms with Gasteiger partial charge in [0, 0.05) is 12.2 Å². The molecule has 0 bridgehead atoms. The monoisotopic (exact) mass is 308 g/mol. The Morgan fingerprint density at radius 1 is 1.52 bits per heavy atom. The number of hydrogen-bond acceptors (Lipinski definition) is 5. The van der Waals surface area contributed by atoms with E-state index >= 15 is 0 Å². The molecule has 1 aromatic carbocycles. The summed E-state index contributed by atoms with van der Waals surface area (Å²) in [5.41, 5.74) is 0.486. The van der Waals surface area contributed by atoms with Crippen LogP contribution in [0, 0.1) is 11.3 Å². The molecule has 0 radical (unpaired) electrons. The largest absolute Gasteiger partial charge is 0.465 e. The first-order valence-electron chi connectivity index (χ1n) is 6.77. The van der Waals surface area contributed by atoms with Crippen molar-refractivity contribution in [2.75, 3.05) is 25.6 Å². The molecule has 0 aliphatic heterocycles. The summed E-state index contributed by atoms with van der Waals surface area (Å²) in [7, 11) is 1.31. The highest BCUT2D eigenvalue weighted by molar-refractivity contribution is 6.33. The highest BCUT2D eigenvalue weighted by atomic mass is 35.5. The van der Waals surface area contributed by atoms with Crippen LogP contribution in [-0.4, -0.2) is 31.8 Å². The van der Waals surface area contributed by atoms with Crippen LogP contribution in [0.2, 0.25) is 5.02 Å². The summed E-state index contributed by atoms with van der Waals surface area (Å²) in [5, 5.41) is 12.5. The van der Waals surface area contributed by atoms with E-state index < -0.39 is 11.6 Å². The second kappa shape index (κ2) is 6.79. The van der Waals surface area contributed by atoms with Crippen molar-refractivity contribution in [3.8, 4) is 6.07 Å². The van der Waals surface area contributed by atoms with E-state index in [0.717, 1.165) is 24.9 Å². The van der Waals surface area contributed by atoms with Gasteiger partial charge >= 0.3 is 5.97 Å². The molecule has 112 valence electrons. The van der Waals surface area contributed by atoms with Crippen molar-refractivity contribution in [2.24, 2.45) is 0 Å². The van der Waals surface area contributed by atoms with Crippen molar-refractivity contribution >= 4 is 23.3 Å². The lowest BCUT2D eigenvalue weighted by Gasteiger charge is -2.34. The van der Waals surface area contributed by atoms with Crippen molar-refractivity contribution in [2.45, 2.75) is 24.9 Å². The maximum absolute atomic E-state index is 11.5. The summed E-state index contributed by atoms with van der Waals surface area (Å²) in [6, 6.07) is 7.28. The Bertz CT molecular complexity index is 565. The van der Waals surface area contributed by atoms with E-state index in [0.29, 0.717) is 23.7 Å². The standard InChI is InChI=1S/C15H17ClN2O3/c1-20-14(19)12-9-11(3-4-13(12)16)18-7-8-21-15(10-17)5-2-6-15/h3-4,9,18H,2,5-8H2,1H3. The number of benzene rings is 1. The summed E-state index contributed by atoms with van der Waals surface area (Å²) < 4.78 is 10.3. The molecule has 1 N–H and O–H groups in total. The fourth-order valence-electron chi connectivity index (χ4n) is 2.13. The predicted molar refractivity (Wildman–Crippen MR) is 79.4 cm³/mol. The Morgan fingerprint density at radius 3 is 2.86 bits per heavy atom. The third-order valence-electron chi connectivity index (χ3n) is 3.55. The van der Waals surface area contributed by atoms with Gasteiger partial charge in [0.2, 0.25) is 0 Å². The first-order chi connectivity index (χ1) is 10.1. The third-order valence-corrected chi connectivity index (χ3v) is 3.88. The van der Waals surface area contributed by atoms with Gasteiger partial charge in [-0.15, -0.1) is 0 Å². The van der Waals surface area contributed by atoms with Gasteiger partial charge in [0.1, 0.15) is 0 Å². The summed E-state index contributed by atoms with van der Waals surface area (Å²) in [5.74, 6) is -0.474. The molecule has 5 nitrogen and oxygen atoms in total. The van der Waals surface area contributed by atoms with E-state index in [1.54, 1.807) is 18.2 Å². The van der Waals surface area contributed by atoms with Crippen LogP contribution in [-0.2, 0) is 9.47 Å². The number of nitrogens with zero attached hydrogens (tertiary/aromatic N) is 1. The van der Waals surface area contributed by atoms with Gasteiger partial charge in [-0.3, -0.25) is 0 Å². The van der Waals surface area contributed by atoms with E-state index in [1.165, 1.54) is 7.11 Å². The van der Waals surface area contributed by atoms with Crippen LogP contribution >= 0.6 is 11.6 Å². The number of anilines is 1. The Hall–Kier alpha value is -1.77. The smallest absolute Gasteiger partial charge is 0.339 e. The number of esters is 1. The zero-order valence-electron chi connectivity index (χ0n) is 11.8. The number of hydrogen-bond donors (Lipinski definition) is 1. The fraction of sp³-hybridized carbons (Fsp3) is 0.467. The number of ether oxygens (including phenoxy) is 2. The minimum absolute atomic E-state index is 0.317. The molecule has 1 saturated carbocycles. The third kappa shape index (κ3) is 3.66. The number of nitrogens with one attached hydrogen (secondary N) is 1. The molecule has 0 spiro atoms. The van der Waals surface area contributed by atoms with Gasteiger partial charge in [-0.25, -0.2) is 4.79 Å². The van der Waals surface area contributed by atoms with Crippen LogP contribution in [0.15, 0.2) is 18.2 Å². The lowest BCUT2D eigenvalue weighted by atomic mass is 9.81. The van der Waals surface area contributed by atoms with Crippen LogP contribution < -0.4 is 5.32 Å². The zero-order chi connectivity index (χ0) is 15.3. The molecule has 0 atom stereocenters. The summed E-state index contributed by atoms with van der Waals surface area (Å²) in [6.45, 7) is 0.982. The number of halogens is 1. The minimum atomic E-state index is -0.584. The number of nitriles is 1. The molecule has 0 heterocycles. The Labute approximate surface area is 128 Å². The number of carbonyl (C=O) groups excluding carboxylic acids is 1. The summed E-state index contributed by atoms with van der Waals surface area (Å²) in [4.78, 5) is 11.5. The van der Waals surface area contributed by atoms with Crippen molar-refractivity contribution in [3.63, 3.8) is 0 Å². The average Bonchev–Trinajstić information content (AvgIpc) is 2.46. The fourth-order valence-corrected chi connectivity index (χ4v) is 2.32. The van der Waals surface area contributed by atoms with Gasteiger partial charge < -0.3 is 14.8 Å². The predicted octanol–water partition coefficient (Wildman–Crippen LogP) is 3.00. The Morgan fingerprint density at radius 2 is 2.29 bits per heavy atom. The second-order valence-electron chi connectivity index (χ2n) is 4.92. The summed E-state index contributed by atoms with van der Waals surface area (Å²) >= 11 is 5.95. The Balaban J connectivity index is 1.86. The lowest BCUT2D eigenvalue weighted by Crippen LogP contribution is -2.39. The van der Waals surface area contributed by atoms with Gasteiger partial charge in [0.15, 0.2) is 5.60 Å². The number of carbonyl (C=O) groups is 1. The molecule has 1 aromatic rings. The quantitative estimate of drug-likeness (QED) is 0.646. The first kappa shape index (κ1) is 15.6. The van der Waals surface area contributed by atoms with Crippen LogP contribution in [0.25, 0.3) is 0 Å². The van der Waals surface area contributed by atoms with Gasteiger partial charge in [0.25, 0.3) is 0 Å². The highest BCUT2D eigenvalue weighted by Crippen LogP contribution is 2.34. The van der Waals surface area contributed by atoms with E-state index in [2.05, 4.69) is 16.1 Å². The van der Waals surface area contributed by atoms with Crippen molar-refractivity contribution in [3.05, 3.63) is 28.8 Å².